The average molecular weight is 321 g/mol. The monoisotopic (exact) mass is 321 g/mol. The number of amides is 1. The summed E-state index contributed by atoms with van der Waals surface area (Å²) in [5.41, 5.74) is 0.972. The lowest BCUT2D eigenvalue weighted by Crippen LogP contribution is -2.53. The van der Waals surface area contributed by atoms with Crippen molar-refractivity contribution in [3.8, 4) is 0 Å². The van der Waals surface area contributed by atoms with Crippen molar-refractivity contribution in [2.24, 2.45) is 0 Å². The molecule has 2 fully saturated rings. The van der Waals surface area contributed by atoms with E-state index in [1.54, 1.807) is 31.1 Å². The minimum Gasteiger partial charge on any atom is -0.374 e. The highest BCUT2D eigenvalue weighted by Crippen LogP contribution is 2.24. The summed E-state index contributed by atoms with van der Waals surface area (Å²) in [6, 6.07) is 6.97. The number of carbonyl (C=O) groups is 1. The number of hydrogen-bond acceptors (Lipinski definition) is 4. The molecule has 0 N–H and O–H groups in total. The van der Waals surface area contributed by atoms with Gasteiger partial charge >= 0.3 is 0 Å². The van der Waals surface area contributed by atoms with E-state index in [0.717, 1.165) is 25.2 Å². The van der Waals surface area contributed by atoms with Crippen LogP contribution >= 0.6 is 0 Å². The van der Waals surface area contributed by atoms with E-state index in [0.29, 0.717) is 19.7 Å². The predicted molar refractivity (Wildman–Crippen MR) is 85.5 cm³/mol. The summed E-state index contributed by atoms with van der Waals surface area (Å²) in [7, 11) is 3.57. The Kier molecular flexibility index (Phi) is 4.94. The molecular weight excluding hydrogens is 297 g/mol. The Bertz CT molecular complexity index is 567. The minimum absolute atomic E-state index is 0.120. The molecule has 126 valence electrons. The van der Waals surface area contributed by atoms with E-state index in [9.17, 15) is 9.18 Å². The van der Waals surface area contributed by atoms with Crippen LogP contribution in [-0.2, 0) is 16.1 Å². The van der Waals surface area contributed by atoms with Gasteiger partial charge in [-0.05, 0) is 17.7 Å². The molecule has 1 aromatic carbocycles. The summed E-state index contributed by atoms with van der Waals surface area (Å²) in [6.45, 7) is 4.27. The first-order valence-corrected chi connectivity index (χ1v) is 8.05. The zero-order chi connectivity index (χ0) is 16.4. The van der Waals surface area contributed by atoms with Gasteiger partial charge in [-0.15, -0.1) is 0 Å². The smallest absolute Gasteiger partial charge is 0.236 e. The molecule has 1 amide bonds. The van der Waals surface area contributed by atoms with Crippen molar-refractivity contribution in [2.75, 3.05) is 46.9 Å². The molecule has 3 rings (SSSR count). The maximum absolute atomic E-state index is 13.3. The van der Waals surface area contributed by atoms with E-state index < -0.39 is 0 Å². The molecule has 2 saturated heterocycles. The Morgan fingerprint density at radius 3 is 2.96 bits per heavy atom. The van der Waals surface area contributed by atoms with Gasteiger partial charge in [0.2, 0.25) is 5.91 Å². The van der Waals surface area contributed by atoms with Crippen LogP contribution in [0.2, 0.25) is 0 Å². The van der Waals surface area contributed by atoms with E-state index in [1.165, 1.54) is 6.07 Å². The van der Waals surface area contributed by atoms with Crippen LogP contribution in [0, 0.1) is 5.82 Å². The van der Waals surface area contributed by atoms with Gasteiger partial charge in [0.15, 0.2) is 0 Å². The summed E-state index contributed by atoms with van der Waals surface area (Å²) in [4.78, 5) is 18.1. The number of halogens is 1. The van der Waals surface area contributed by atoms with Gasteiger partial charge in [-0.3, -0.25) is 14.6 Å². The maximum atomic E-state index is 13.3. The molecule has 2 atom stereocenters. The second-order valence-corrected chi connectivity index (χ2v) is 6.56. The third-order valence-electron chi connectivity index (χ3n) is 4.62. The molecule has 0 unspecified atom stereocenters. The van der Waals surface area contributed by atoms with Gasteiger partial charge in [-0.25, -0.2) is 4.39 Å². The van der Waals surface area contributed by atoms with Crippen molar-refractivity contribution in [1.29, 1.82) is 0 Å². The van der Waals surface area contributed by atoms with Crippen LogP contribution in [0.25, 0.3) is 0 Å². The van der Waals surface area contributed by atoms with Crippen molar-refractivity contribution >= 4 is 5.91 Å². The topological polar surface area (TPSA) is 36.0 Å². The van der Waals surface area contributed by atoms with Crippen molar-refractivity contribution in [3.05, 3.63) is 35.6 Å². The van der Waals surface area contributed by atoms with Crippen LogP contribution in [0.3, 0.4) is 0 Å². The number of likely N-dealkylation sites (N-methyl/N-ethyl adjacent to an activating group) is 1. The number of hydrogen-bond donors (Lipinski definition) is 0. The van der Waals surface area contributed by atoms with Gasteiger partial charge in [-0.2, -0.15) is 0 Å². The molecule has 2 aliphatic rings. The molecule has 0 radical (unpaired) electrons. The fourth-order valence-corrected chi connectivity index (χ4v) is 3.37. The molecule has 0 aromatic heterocycles. The quantitative estimate of drug-likeness (QED) is 0.822. The average Bonchev–Trinajstić information content (AvgIpc) is 2.90. The van der Waals surface area contributed by atoms with Crippen LogP contribution in [0.15, 0.2) is 24.3 Å². The van der Waals surface area contributed by atoms with E-state index in [4.69, 9.17) is 4.74 Å². The molecular formula is C17H24FN3O2. The molecule has 2 aliphatic heterocycles. The number of benzene rings is 1. The highest BCUT2D eigenvalue weighted by Gasteiger charge is 2.40. The second kappa shape index (κ2) is 6.95. The number of ether oxygens (including phenoxy) is 1. The Hall–Kier alpha value is -1.50. The normalized spacial score (nSPS) is 25.3. The molecule has 0 bridgehead atoms. The first kappa shape index (κ1) is 16.4. The zero-order valence-corrected chi connectivity index (χ0v) is 13.7. The first-order chi connectivity index (χ1) is 11.0. The van der Waals surface area contributed by atoms with E-state index in [2.05, 4.69) is 9.80 Å². The van der Waals surface area contributed by atoms with Crippen molar-refractivity contribution in [2.45, 2.75) is 18.7 Å². The first-order valence-electron chi connectivity index (χ1n) is 8.05. The summed E-state index contributed by atoms with van der Waals surface area (Å²) >= 11 is 0. The predicted octanol–water partition coefficient (Wildman–Crippen LogP) is 0.799. The van der Waals surface area contributed by atoms with Gasteiger partial charge in [0.1, 0.15) is 5.82 Å². The number of likely N-dealkylation sites (tertiary alicyclic amines) is 1. The van der Waals surface area contributed by atoms with E-state index >= 15 is 0 Å². The van der Waals surface area contributed by atoms with Gasteiger partial charge in [-0.1, -0.05) is 12.1 Å². The lowest BCUT2D eigenvalue weighted by molar-refractivity contribution is -0.133. The third-order valence-corrected chi connectivity index (χ3v) is 4.62. The summed E-state index contributed by atoms with van der Waals surface area (Å²) in [6.07, 6.45) is 0.132. The highest BCUT2D eigenvalue weighted by molar-refractivity contribution is 5.77. The lowest BCUT2D eigenvalue weighted by Gasteiger charge is -2.36. The molecule has 0 spiro atoms. The Morgan fingerprint density at radius 1 is 1.39 bits per heavy atom. The summed E-state index contributed by atoms with van der Waals surface area (Å²) < 4.78 is 19.2. The Morgan fingerprint density at radius 2 is 2.22 bits per heavy atom. The second-order valence-electron chi connectivity index (χ2n) is 6.56. The maximum Gasteiger partial charge on any atom is 0.236 e. The Labute approximate surface area is 136 Å². The van der Waals surface area contributed by atoms with Gasteiger partial charge in [0.25, 0.3) is 0 Å². The molecule has 0 saturated carbocycles. The van der Waals surface area contributed by atoms with Crippen molar-refractivity contribution < 1.29 is 13.9 Å². The number of nitrogens with zero attached hydrogens (tertiary/aromatic N) is 3. The molecule has 5 nitrogen and oxygen atoms in total. The Balaban J connectivity index is 1.62. The van der Waals surface area contributed by atoms with Crippen LogP contribution in [0.1, 0.15) is 5.56 Å². The van der Waals surface area contributed by atoms with Crippen LogP contribution in [-0.4, -0.2) is 79.6 Å². The standard InChI is InChI=1S/C17H24FN3O2/c1-19(2)17(22)12-21-6-7-23-16-11-20(10-15(16)21)9-13-4-3-5-14(18)8-13/h3-5,8,15-16H,6-7,9-12H2,1-2H3/t15-,16+/m1/s1. The van der Waals surface area contributed by atoms with Gasteiger partial charge < -0.3 is 9.64 Å². The number of rotatable bonds is 4. The van der Waals surface area contributed by atoms with Crippen LogP contribution in [0.4, 0.5) is 4.39 Å². The summed E-state index contributed by atoms with van der Waals surface area (Å²) in [5.74, 6) is -0.0807. The van der Waals surface area contributed by atoms with Crippen molar-refractivity contribution in [1.82, 2.24) is 14.7 Å². The van der Waals surface area contributed by atoms with E-state index in [1.807, 2.05) is 6.07 Å². The van der Waals surface area contributed by atoms with E-state index in [-0.39, 0.29) is 23.9 Å². The lowest BCUT2D eigenvalue weighted by atomic mass is 10.1. The van der Waals surface area contributed by atoms with Crippen molar-refractivity contribution in [3.63, 3.8) is 0 Å². The molecule has 2 heterocycles. The molecule has 23 heavy (non-hydrogen) atoms. The largest absolute Gasteiger partial charge is 0.374 e. The number of fused-ring (bicyclic) bond motifs is 1. The SMILES string of the molecule is CN(C)C(=O)CN1CCO[C@H]2CN(Cc3cccc(F)c3)C[C@H]21. The minimum atomic E-state index is -0.200. The third kappa shape index (κ3) is 3.88. The van der Waals surface area contributed by atoms with Crippen LogP contribution < -0.4 is 0 Å². The zero-order valence-electron chi connectivity index (χ0n) is 13.7. The fraction of sp³-hybridized carbons (Fsp3) is 0.588. The molecule has 0 aliphatic carbocycles. The van der Waals surface area contributed by atoms with Gasteiger partial charge in [0.05, 0.1) is 25.3 Å². The van der Waals surface area contributed by atoms with Gasteiger partial charge in [0, 0.05) is 40.3 Å². The molecule has 1 aromatic rings. The highest BCUT2D eigenvalue weighted by atomic mass is 19.1. The number of morpholine rings is 1. The van der Waals surface area contributed by atoms with Crippen LogP contribution in [0.5, 0.6) is 0 Å². The molecule has 6 heteroatoms. The summed E-state index contributed by atoms with van der Waals surface area (Å²) in [5, 5.41) is 0. The fourth-order valence-electron chi connectivity index (χ4n) is 3.37. The number of carbonyl (C=O) groups excluding carboxylic acids is 1.